The molecule has 1 N–H and O–H groups in total. The summed E-state index contributed by atoms with van der Waals surface area (Å²) in [5.74, 6) is -0.0218. The van der Waals surface area contributed by atoms with Crippen molar-refractivity contribution in [2.24, 2.45) is 5.92 Å². The summed E-state index contributed by atoms with van der Waals surface area (Å²) in [5, 5.41) is 7.82. The molecule has 2 aromatic rings. The number of aromatic nitrogens is 3. The van der Waals surface area contributed by atoms with Gasteiger partial charge in [0.15, 0.2) is 5.65 Å². The highest BCUT2D eigenvalue weighted by atomic mass is 32.2. The number of rotatable bonds is 5. The van der Waals surface area contributed by atoms with E-state index in [0.29, 0.717) is 6.42 Å². The Labute approximate surface area is 112 Å². The maximum absolute atomic E-state index is 10.7. The third-order valence-corrected chi connectivity index (χ3v) is 3.93. The molecule has 2 rings (SSSR count). The first-order chi connectivity index (χ1) is 8.85. The van der Waals surface area contributed by atoms with Gasteiger partial charge < -0.3 is 0 Å². The molecule has 6 nitrogen and oxygen atoms in total. The zero-order chi connectivity index (χ0) is 14.0. The molecule has 2 aromatic heterocycles. The monoisotopic (exact) mass is 283 g/mol. The Bertz CT molecular complexity index is 679. The molecule has 0 saturated carbocycles. The molecule has 0 saturated heterocycles. The summed E-state index contributed by atoms with van der Waals surface area (Å²) in [6.45, 7) is 3.98. The van der Waals surface area contributed by atoms with E-state index in [1.807, 2.05) is 30.5 Å². The summed E-state index contributed by atoms with van der Waals surface area (Å²) in [6.07, 6.45) is 4.80. The zero-order valence-electron chi connectivity index (χ0n) is 10.9. The van der Waals surface area contributed by atoms with E-state index in [1.165, 1.54) is 0 Å². The fourth-order valence-corrected chi connectivity index (χ4v) is 2.76. The van der Waals surface area contributed by atoms with E-state index in [9.17, 15) is 8.42 Å². The van der Waals surface area contributed by atoms with Crippen LogP contribution in [0.3, 0.4) is 0 Å². The van der Waals surface area contributed by atoms with Crippen LogP contribution in [0.25, 0.3) is 5.65 Å². The van der Waals surface area contributed by atoms with Crippen molar-refractivity contribution in [3.05, 3.63) is 29.7 Å². The first-order valence-electron chi connectivity index (χ1n) is 6.09. The molecule has 0 radical (unpaired) electrons. The predicted octanol–water partition coefficient (Wildman–Crippen LogP) is 1.49. The van der Waals surface area contributed by atoms with E-state index in [2.05, 4.69) is 10.2 Å². The lowest BCUT2D eigenvalue weighted by Gasteiger charge is -2.12. The van der Waals surface area contributed by atoms with Crippen LogP contribution in [-0.4, -0.2) is 33.3 Å². The Balaban J connectivity index is 2.09. The second kappa shape index (κ2) is 5.26. The maximum Gasteiger partial charge on any atom is 0.264 e. The third-order valence-electron chi connectivity index (χ3n) is 3.18. The van der Waals surface area contributed by atoms with Crippen LogP contribution < -0.4 is 0 Å². The lowest BCUT2D eigenvalue weighted by Crippen LogP contribution is -2.10. The molecular weight excluding hydrogens is 266 g/mol. The number of pyridine rings is 1. The van der Waals surface area contributed by atoms with E-state index in [1.54, 1.807) is 6.33 Å². The molecule has 0 unspecified atom stereocenters. The van der Waals surface area contributed by atoms with Crippen LogP contribution in [-0.2, 0) is 16.5 Å². The first-order valence-corrected chi connectivity index (χ1v) is 7.70. The largest absolute Gasteiger partial charge is 0.289 e. The third kappa shape index (κ3) is 3.74. The standard InChI is InChI=1S/C12H17N3O3S/c1-9(3-4-19(16,17)18)5-11-6-12-14-13-8-15(12)7-10(11)2/h6-9H,3-5H2,1-2H3,(H,16,17,18)/t9-/m1/s1. The normalized spacial score (nSPS) is 13.8. The molecule has 0 amide bonds. The van der Waals surface area contributed by atoms with Gasteiger partial charge in [-0.05, 0) is 42.9 Å². The molecular formula is C12H17N3O3S. The SMILES string of the molecule is Cc1cn2cnnc2cc1C[C@H](C)CCS(=O)(=O)O. The molecule has 0 spiro atoms. The number of aryl methyl sites for hydroxylation is 1. The van der Waals surface area contributed by atoms with Gasteiger partial charge in [-0.2, -0.15) is 8.42 Å². The topological polar surface area (TPSA) is 84.6 Å². The van der Waals surface area contributed by atoms with Crippen molar-refractivity contribution in [3.8, 4) is 0 Å². The van der Waals surface area contributed by atoms with Gasteiger partial charge in [0.25, 0.3) is 10.1 Å². The van der Waals surface area contributed by atoms with Crippen LogP contribution >= 0.6 is 0 Å². The van der Waals surface area contributed by atoms with Crippen LogP contribution in [0.2, 0.25) is 0 Å². The van der Waals surface area contributed by atoms with Crippen LogP contribution in [0.5, 0.6) is 0 Å². The van der Waals surface area contributed by atoms with Gasteiger partial charge in [-0.25, -0.2) is 0 Å². The number of hydrogen-bond donors (Lipinski definition) is 1. The fraction of sp³-hybridized carbons (Fsp3) is 0.500. The van der Waals surface area contributed by atoms with Crippen molar-refractivity contribution in [2.45, 2.75) is 26.7 Å². The second-order valence-electron chi connectivity index (χ2n) is 4.96. The van der Waals surface area contributed by atoms with Gasteiger partial charge in [-0.3, -0.25) is 8.95 Å². The van der Waals surface area contributed by atoms with Crippen molar-refractivity contribution in [1.82, 2.24) is 14.6 Å². The van der Waals surface area contributed by atoms with Crippen molar-refractivity contribution < 1.29 is 13.0 Å². The fourth-order valence-electron chi connectivity index (χ4n) is 2.06. The summed E-state index contributed by atoms with van der Waals surface area (Å²) in [6, 6.07) is 1.96. The number of nitrogens with zero attached hydrogens (tertiary/aromatic N) is 3. The van der Waals surface area contributed by atoms with Gasteiger partial charge in [-0.15, -0.1) is 10.2 Å². The quantitative estimate of drug-likeness (QED) is 0.840. The average Bonchev–Trinajstić information content (AvgIpc) is 2.73. The first kappa shape index (κ1) is 14.0. The number of fused-ring (bicyclic) bond motifs is 1. The number of hydrogen-bond acceptors (Lipinski definition) is 4. The summed E-state index contributed by atoms with van der Waals surface area (Å²) in [7, 11) is -3.87. The van der Waals surface area contributed by atoms with E-state index in [0.717, 1.165) is 23.2 Å². The van der Waals surface area contributed by atoms with Gasteiger partial charge in [0.05, 0.1) is 5.75 Å². The minimum absolute atomic E-state index is 0.172. The second-order valence-corrected chi connectivity index (χ2v) is 6.53. The predicted molar refractivity (Wildman–Crippen MR) is 71.6 cm³/mol. The van der Waals surface area contributed by atoms with E-state index in [4.69, 9.17) is 4.55 Å². The summed E-state index contributed by atoms with van der Waals surface area (Å²) in [5.41, 5.74) is 3.02. The highest BCUT2D eigenvalue weighted by Crippen LogP contribution is 2.17. The summed E-state index contributed by atoms with van der Waals surface area (Å²) < 4.78 is 32.1. The average molecular weight is 283 g/mol. The summed E-state index contributed by atoms with van der Waals surface area (Å²) >= 11 is 0. The minimum atomic E-state index is -3.87. The Kier molecular flexibility index (Phi) is 3.86. The Morgan fingerprint density at radius 2 is 2.21 bits per heavy atom. The van der Waals surface area contributed by atoms with Gasteiger partial charge in [0.1, 0.15) is 6.33 Å². The smallest absolute Gasteiger partial charge is 0.264 e. The van der Waals surface area contributed by atoms with Crippen molar-refractivity contribution in [3.63, 3.8) is 0 Å². The lowest BCUT2D eigenvalue weighted by molar-refractivity contribution is 0.468. The molecule has 0 aromatic carbocycles. The van der Waals surface area contributed by atoms with Crippen LogP contribution in [0.4, 0.5) is 0 Å². The summed E-state index contributed by atoms with van der Waals surface area (Å²) in [4.78, 5) is 0. The van der Waals surface area contributed by atoms with E-state index < -0.39 is 10.1 Å². The highest BCUT2D eigenvalue weighted by molar-refractivity contribution is 7.85. The minimum Gasteiger partial charge on any atom is -0.289 e. The zero-order valence-corrected chi connectivity index (χ0v) is 11.8. The molecule has 19 heavy (non-hydrogen) atoms. The van der Waals surface area contributed by atoms with Gasteiger partial charge >= 0.3 is 0 Å². The maximum atomic E-state index is 10.7. The van der Waals surface area contributed by atoms with Gasteiger partial charge in [0, 0.05) is 6.20 Å². The van der Waals surface area contributed by atoms with Crippen molar-refractivity contribution in [1.29, 1.82) is 0 Å². The van der Waals surface area contributed by atoms with Crippen LogP contribution in [0.1, 0.15) is 24.5 Å². The molecule has 104 valence electrons. The molecule has 0 aliphatic carbocycles. The Morgan fingerprint density at radius 1 is 1.47 bits per heavy atom. The van der Waals surface area contributed by atoms with Crippen molar-refractivity contribution in [2.75, 3.05) is 5.75 Å². The van der Waals surface area contributed by atoms with E-state index >= 15 is 0 Å². The van der Waals surface area contributed by atoms with Crippen molar-refractivity contribution >= 4 is 15.8 Å². The van der Waals surface area contributed by atoms with Crippen LogP contribution in [0, 0.1) is 12.8 Å². The highest BCUT2D eigenvalue weighted by Gasteiger charge is 2.12. The molecule has 0 fully saturated rings. The molecule has 0 aliphatic heterocycles. The molecule has 1 atom stereocenters. The van der Waals surface area contributed by atoms with Crippen LogP contribution in [0.15, 0.2) is 18.6 Å². The Morgan fingerprint density at radius 3 is 2.89 bits per heavy atom. The lowest BCUT2D eigenvalue weighted by atomic mass is 9.97. The molecule has 0 aliphatic rings. The molecule has 0 bridgehead atoms. The Hall–Kier alpha value is -1.47. The van der Waals surface area contributed by atoms with Gasteiger partial charge in [-0.1, -0.05) is 6.92 Å². The molecule has 2 heterocycles. The van der Waals surface area contributed by atoms with E-state index in [-0.39, 0.29) is 11.7 Å². The van der Waals surface area contributed by atoms with Gasteiger partial charge in [0.2, 0.25) is 0 Å². The molecule has 7 heteroatoms.